The first-order valence-corrected chi connectivity index (χ1v) is 6.98. The third kappa shape index (κ3) is 4.28. The van der Waals surface area contributed by atoms with Gasteiger partial charge in [0.05, 0.1) is 18.8 Å². The molecule has 3 unspecified atom stereocenters. The first kappa shape index (κ1) is 14.5. The van der Waals surface area contributed by atoms with E-state index >= 15 is 0 Å². The molecular weight excluding hydrogens is 240 g/mol. The summed E-state index contributed by atoms with van der Waals surface area (Å²) in [5.41, 5.74) is 7.39. The molecule has 0 bridgehead atoms. The van der Waals surface area contributed by atoms with Crippen molar-refractivity contribution in [1.29, 1.82) is 0 Å². The van der Waals surface area contributed by atoms with E-state index in [1.807, 2.05) is 25.1 Å². The maximum atomic E-state index is 9.21. The van der Waals surface area contributed by atoms with Crippen LogP contribution in [0.4, 0.5) is 0 Å². The van der Waals surface area contributed by atoms with Gasteiger partial charge in [0.1, 0.15) is 0 Å². The summed E-state index contributed by atoms with van der Waals surface area (Å²) in [5, 5.41) is 9.21. The number of ether oxygens (including phenoxy) is 1. The Kier molecular flexibility index (Phi) is 5.34. The average Bonchev–Trinajstić information content (AvgIpc) is 2.45. The molecule has 2 rings (SSSR count). The third-order valence-corrected chi connectivity index (χ3v) is 3.59. The molecule has 1 saturated heterocycles. The molecule has 4 nitrogen and oxygen atoms in total. The number of aliphatic hydroxyl groups is 1. The Labute approximate surface area is 115 Å². The Morgan fingerprint density at radius 3 is 2.79 bits per heavy atom. The van der Waals surface area contributed by atoms with Crippen LogP contribution in [0.5, 0.6) is 0 Å². The fraction of sp³-hybridized carbons (Fsp3) is 0.600. The molecule has 1 aliphatic heterocycles. The van der Waals surface area contributed by atoms with Gasteiger partial charge in [-0.05, 0) is 18.9 Å². The number of hydrogen-bond donors (Lipinski definition) is 2. The van der Waals surface area contributed by atoms with E-state index in [0.717, 1.165) is 26.1 Å². The van der Waals surface area contributed by atoms with Gasteiger partial charge in [-0.15, -0.1) is 0 Å². The molecule has 19 heavy (non-hydrogen) atoms. The molecule has 0 amide bonds. The van der Waals surface area contributed by atoms with Crippen LogP contribution in [0.2, 0.25) is 0 Å². The second-order valence-corrected chi connectivity index (χ2v) is 5.32. The average molecular weight is 264 g/mol. The maximum Gasteiger partial charge on any atom is 0.0936 e. The van der Waals surface area contributed by atoms with Crippen molar-refractivity contribution in [3.8, 4) is 0 Å². The third-order valence-electron chi connectivity index (χ3n) is 3.59. The number of morpholine rings is 1. The van der Waals surface area contributed by atoms with E-state index in [0.29, 0.717) is 0 Å². The van der Waals surface area contributed by atoms with Crippen LogP contribution in [0.25, 0.3) is 0 Å². The summed E-state index contributed by atoms with van der Waals surface area (Å²) in [5.74, 6) is 0. The number of aliphatic hydroxyl groups excluding tert-OH is 1. The molecule has 0 spiro atoms. The summed E-state index contributed by atoms with van der Waals surface area (Å²) in [7, 11) is 0. The van der Waals surface area contributed by atoms with Gasteiger partial charge >= 0.3 is 0 Å². The molecule has 1 aliphatic rings. The lowest BCUT2D eigenvalue weighted by atomic mass is 10.0. The molecule has 106 valence electrons. The predicted octanol–water partition coefficient (Wildman–Crippen LogP) is 1.16. The number of hydrogen-bond acceptors (Lipinski definition) is 4. The van der Waals surface area contributed by atoms with Gasteiger partial charge in [0, 0.05) is 25.7 Å². The largest absolute Gasteiger partial charge is 0.394 e. The fourth-order valence-electron chi connectivity index (χ4n) is 2.61. The Bertz CT molecular complexity index is 372. The zero-order valence-electron chi connectivity index (χ0n) is 11.5. The molecule has 4 heteroatoms. The minimum Gasteiger partial charge on any atom is -0.394 e. The highest BCUT2D eigenvalue weighted by Gasteiger charge is 2.24. The van der Waals surface area contributed by atoms with Gasteiger partial charge in [0.15, 0.2) is 0 Å². The minimum atomic E-state index is -0.0586. The first-order valence-electron chi connectivity index (χ1n) is 6.98. The lowest BCUT2D eigenvalue weighted by Gasteiger charge is -2.36. The Hall–Kier alpha value is -0.940. The van der Waals surface area contributed by atoms with E-state index in [2.05, 4.69) is 17.0 Å². The molecule has 1 fully saturated rings. The molecule has 0 radical (unpaired) electrons. The van der Waals surface area contributed by atoms with Gasteiger partial charge in [0.25, 0.3) is 0 Å². The summed E-state index contributed by atoms with van der Waals surface area (Å²) in [6.45, 7) is 4.79. The normalized spacial score (nSPS) is 26.3. The fourth-order valence-corrected chi connectivity index (χ4v) is 2.61. The Morgan fingerprint density at radius 2 is 2.11 bits per heavy atom. The van der Waals surface area contributed by atoms with Gasteiger partial charge in [-0.2, -0.15) is 0 Å². The second-order valence-electron chi connectivity index (χ2n) is 5.32. The van der Waals surface area contributed by atoms with Crippen molar-refractivity contribution in [2.45, 2.75) is 31.6 Å². The van der Waals surface area contributed by atoms with Gasteiger partial charge < -0.3 is 15.6 Å². The maximum absolute atomic E-state index is 9.21. The molecule has 1 heterocycles. The molecular formula is C15H24N2O2. The summed E-state index contributed by atoms with van der Waals surface area (Å²) in [4.78, 5) is 2.33. The van der Waals surface area contributed by atoms with Crippen LogP contribution < -0.4 is 5.73 Å². The quantitative estimate of drug-likeness (QED) is 0.838. The smallest absolute Gasteiger partial charge is 0.0936 e. The van der Waals surface area contributed by atoms with E-state index in [1.54, 1.807) is 0 Å². The van der Waals surface area contributed by atoms with E-state index in [-0.39, 0.29) is 24.9 Å². The molecule has 3 N–H and O–H groups in total. The van der Waals surface area contributed by atoms with Crippen molar-refractivity contribution in [3.05, 3.63) is 35.9 Å². The Morgan fingerprint density at radius 1 is 1.37 bits per heavy atom. The van der Waals surface area contributed by atoms with Crippen molar-refractivity contribution in [2.24, 2.45) is 5.73 Å². The van der Waals surface area contributed by atoms with Crippen molar-refractivity contribution >= 4 is 0 Å². The first-order chi connectivity index (χ1) is 9.19. The zero-order chi connectivity index (χ0) is 13.7. The number of nitrogens with two attached hydrogens (primary N) is 1. The highest BCUT2D eigenvalue weighted by molar-refractivity contribution is 5.18. The molecule has 1 aromatic carbocycles. The lowest BCUT2D eigenvalue weighted by Crippen LogP contribution is -2.48. The molecule has 0 aliphatic carbocycles. The standard InChI is InChI=1S/C15H24N2O2/c1-12-9-17(10-14(11-18)19-12)8-7-15(16)13-5-3-2-4-6-13/h2-6,12,14-15,18H,7-11,16H2,1H3. The van der Waals surface area contributed by atoms with E-state index in [1.165, 1.54) is 5.56 Å². The summed E-state index contributed by atoms with van der Waals surface area (Å²) in [6, 6.07) is 10.3. The minimum absolute atomic E-state index is 0.0586. The highest BCUT2D eigenvalue weighted by atomic mass is 16.5. The lowest BCUT2D eigenvalue weighted by molar-refractivity contribution is -0.0954. The van der Waals surface area contributed by atoms with E-state index in [9.17, 15) is 5.11 Å². The van der Waals surface area contributed by atoms with Gasteiger partial charge in [0.2, 0.25) is 0 Å². The van der Waals surface area contributed by atoms with Crippen molar-refractivity contribution < 1.29 is 9.84 Å². The topological polar surface area (TPSA) is 58.7 Å². The number of nitrogens with zero attached hydrogens (tertiary/aromatic N) is 1. The number of rotatable bonds is 5. The summed E-state index contributed by atoms with van der Waals surface area (Å²) in [6.07, 6.45) is 1.05. The van der Waals surface area contributed by atoms with Crippen molar-refractivity contribution in [2.75, 3.05) is 26.2 Å². The van der Waals surface area contributed by atoms with Crippen LogP contribution in [-0.2, 0) is 4.74 Å². The monoisotopic (exact) mass is 264 g/mol. The van der Waals surface area contributed by atoms with Crippen LogP contribution in [0.15, 0.2) is 30.3 Å². The van der Waals surface area contributed by atoms with Gasteiger partial charge in [-0.1, -0.05) is 30.3 Å². The van der Waals surface area contributed by atoms with Crippen molar-refractivity contribution in [1.82, 2.24) is 4.90 Å². The summed E-state index contributed by atoms with van der Waals surface area (Å²) >= 11 is 0. The second kappa shape index (κ2) is 7.01. The van der Waals surface area contributed by atoms with Crippen molar-refractivity contribution in [3.63, 3.8) is 0 Å². The molecule has 3 atom stereocenters. The van der Waals surface area contributed by atoms with E-state index < -0.39 is 0 Å². The molecule has 1 aromatic rings. The highest BCUT2D eigenvalue weighted by Crippen LogP contribution is 2.16. The zero-order valence-corrected chi connectivity index (χ0v) is 11.5. The van der Waals surface area contributed by atoms with E-state index in [4.69, 9.17) is 10.5 Å². The predicted molar refractivity (Wildman–Crippen MR) is 75.8 cm³/mol. The van der Waals surface area contributed by atoms with Gasteiger partial charge in [-0.3, -0.25) is 4.90 Å². The van der Waals surface area contributed by atoms with Crippen LogP contribution in [0.3, 0.4) is 0 Å². The SMILES string of the molecule is CC1CN(CCC(N)c2ccccc2)CC(CO)O1. The van der Waals surface area contributed by atoms with Crippen LogP contribution in [0, 0.1) is 0 Å². The Balaban J connectivity index is 1.81. The molecule has 0 aromatic heterocycles. The van der Waals surface area contributed by atoms with Gasteiger partial charge in [-0.25, -0.2) is 0 Å². The summed E-state index contributed by atoms with van der Waals surface area (Å²) < 4.78 is 5.63. The van der Waals surface area contributed by atoms with Crippen LogP contribution >= 0.6 is 0 Å². The van der Waals surface area contributed by atoms with Crippen LogP contribution in [0.1, 0.15) is 24.9 Å². The number of benzene rings is 1. The molecule has 0 saturated carbocycles. The van der Waals surface area contributed by atoms with Crippen LogP contribution in [-0.4, -0.2) is 48.5 Å².